The van der Waals surface area contributed by atoms with Crippen LogP contribution in [0.1, 0.15) is 46.0 Å². The molecular weight excluding hydrogens is 132 g/mol. The van der Waals surface area contributed by atoms with Crippen LogP contribution in [0.4, 0.5) is 0 Å². The molecule has 63 valence electrons. The van der Waals surface area contributed by atoms with Gasteiger partial charge in [0.2, 0.25) is 0 Å². The van der Waals surface area contributed by atoms with Gasteiger partial charge < -0.3 is 0 Å². The first-order valence-electron chi connectivity index (χ1n) is 5.16. The summed E-state index contributed by atoms with van der Waals surface area (Å²) >= 11 is 0. The maximum Gasteiger partial charge on any atom is -0.0207 e. The molecule has 2 aliphatic carbocycles. The molecule has 0 aromatic carbocycles. The lowest BCUT2D eigenvalue weighted by atomic mass is 9.84. The lowest BCUT2D eigenvalue weighted by molar-refractivity contribution is 0.433. The minimum Gasteiger partial charge on any atom is -0.0651 e. The van der Waals surface area contributed by atoms with Gasteiger partial charge in [-0.2, -0.15) is 0 Å². The van der Waals surface area contributed by atoms with Crippen LogP contribution in [0.25, 0.3) is 0 Å². The monoisotopic (exact) mass is 151 g/mol. The van der Waals surface area contributed by atoms with E-state index in [0.717, 1.165) is 17.8 Å². The molecule has 2 saturated carbocycles. The molecule has 1 radical (unpaired) electrons. The quantitative estimate of drug-likeness (QED) is 0.577. The molecule has 0 aliphatic heterocycles. The molecular formula is C11H19. The van der Waals surface area contributed by atoms with E-state index in [1.807, 2.05) is 5.92 Å². The predicted molar refractivity (Wildman–Crippen MR) is 48.1 cm³/mol. The van der Waals surface area contributed by atoms with E-state index in [9.17, 15) is 0 Å². The minimum absolute atomic E-state index is 1.00. The normalized spacial score (nSPS) is 27.5. The van der Waals surface area contributed by atoms with Gasteiger partial charge in [0.05, 0.1) is 0 Å². The molecule has 0 spiro atoms. The first-order valence-corrected chi connectivity index (χ1v) is 5.16. The fourth-order valence-corrected chi connectivity index (χ4v) is 2.37. The molecule has 1 atom stereocenters. The third kappa shape index (κ3) is 1.60. The molecule has 11 heavy (non-hydrogen) atoms. The number of rotatable bonds is 4. The highest BCUT2D eigenvalue weighted by molar-refractivity contribution is 5.07. The van der Waals surface area contributed by atoms with Gasteiger partial charge in [0.1, 0.15) is 0 Å². The molecule has 0 bridgehead atoms. The van der Waals surface area contributed by atoms with Crippen molar-refractivity contribution in [2.75, 3.05) is 0 Å². The van der Waals surface area contributed by atoms with Crippen molar-refractivity contribution in [1.82, 2.24) is 0 Å². The van der Waals surface area contributed by atoms with E-state index < -0.39 is 0 Å². The van der Waals surface area contributed by atoms with Gasteiger partial charge in [-0.3, -0.25) is 0 Å². The highest BCUT2D eigenvalue weighted by Crippen LogP contribution is 2.50. The zero-order chi connectivity index (χ0) is 7.84. The van der Waals surface area contributed by atoms with Gasteiger partial charge in [0.15, 0.2) is 0 Å². The van der Waals surface area contributed by atoms with E-state index in [-0.39, 0.29) is 0 Å². The fraction of sp³-hybridized carbons (Fsp3) is 0.909. The zero-order valence-corrected chi connectivity index (χ0v) is 7.77. The smallest absolute Gasteiger partial charge is 0.0207 e. The topological polar surface area (TPSA) is 0 Å². The van der Waals surface area contributed by atoms with Crippen LogP contribution in [-0.2, 0) is 0 Å². The van der Waals surface area contributed by atoms with Crippen molar-refractivity contribution in [2.45, 2.75) is 46.0 Å². The van der Waals surface area contributed by atoms with E-state index in [1.54, 1.807) is 0 Å². The van der Waals surface area contributed by atoms with Crippen molar-refractivity contribution in [2.24, 2.45) is 17.8 Å². The minimum atomic E-state index is 1.00. The van der Waals surface area contributed by atoms with Crippen molar-refractivity contribution in [3.05, 3.63) is 5.92 Å². The van der Waals surface area contributed by atoms with Crippen LogP contribution in [0.2, 0.25) is 0 Å². The summed E-state index contributed by atoms with van der Waals surface area (Å²) in [7, 11) is 0. The van der Waals surface area contributed by atoms with E-state index in [0.29, 0.717) is 0 Å². The molecule has 0 saturated heterocycles. The Bertz CT molecular complexity index is 131. The summed E-state index contributed by atoms with van der Waals surface area (Å²) in [4.78, 5) is 0. The molecule has 0 amide bonds. The van der Waals surface area contributed by atoms with E-state index in [1.165, 1.54) is 32.1 Å². The van der Waals surface area contributed by atoms with Gasteiger partial charge in [-0.05, 0) is 49.4 Å². The van der Waals surface area contributed by atoms with Crippen LogP contribution in [0.15, 0.2) is 0 Å². The number of hydrogen-bond donors (Lipinski definition) is 0. The van der Waals surface area contributed by atoms with Gasteiger partial charge >= 0.3 is 0 Å². The van der Waals surface area contributed by atoms with Crippen LogP contribution >= 0.6 is 0 Å². The lowest BCUT2D eigenvalue weighted by Gasteiger charge is -2.21. The van der Waals surface area contributed by atoms with Crippen LogP contribution in [0.5, 0.6) is 0 Å². The van der Waals surface area contributed by atoms with Crippen molar-refractivity contribution < 1.29 is 0 Å². The Kier molecular flexibility index (Phi) is 1.95. The van der Waals surface area contributed by atoms with Crippen LogP contribution in [0.3, 0.4) is 0 Å². The first-order chi connectivity index (χ1) is 5.33. The highest BCUT2D eigenvalue weighted by Gasteiger charge is 2.40. The highest BCUT2D eigenvalue weighted by atomic mass is 14.4. The molecule has 2 fully saturated rings. The summed E-state index contributed by atoms with van der Waals surface area (Å²) in [5, 5.41) is 0. The largest absolute Gasteiger partial charge is 0.0651 e. The van der Waals surface area contributed by atoms with Gasteiger partial charge in [0.25, 0.3) is 0 Å². The predicted octanol–water partition coefficient (Wildman–Crippen LogP) is 3.43. The number of hydrogen-bond acceptors (Lipinski definition) is 0. The SMILES string of the molecule is CCC([C](C)C1CC1)C1CC1. The van der Waals surface area contributed by atoms with E-state index >= 15 is 0 Å². The summed E-state index contributed by atoms with van der Waals surface area (Å²) in [5.41, 5.74) is 0. The molecule has 0 heteroatoms. The van der Waals surface area contributed by atoms with E-state index in [2.05, 4.69) is 13.8 Å². The summed E-state index contributed by atoms with van der Waals surface area (Å²) in [6.07, 6.45) is 7.42. The fourth-order valence-electron chi connectivity index (χ4n) is 2.37. The molecule has 0 N–H and O–H groups in total. The lowest BCUT2D eigenvalue weighted by Crippen LogP contribution is -2.12. The molecule has 0 heterocycles. The third-order valence-corrected chi connectivity index (χ3v) is 3.44. The Balaban J connectivity index is 1.86. The molecule has 2 rings (SSSR count). The second-order valence-corrected chi connectivity index (χ2v) is 4.37. The van der Waals surface area contributed by atoms with Gasteiger partial charge in [-0.25, -0.2) is 0 Å². The Morgan fingerprint density at radius 2 is 1.91 bits per heavy atom. The summed E-state index contributed by atoms with van der Waals surface area (Å²) < 4.78 is 0. The zero-order valence-electron chi connectivity index (χ0n) is 7.77. The van der Waals surface area contributed by atoms with Gasteiger partial charge in [-0.1, -0.05) is 20.3 Å². The second-order valence-electron chi connectivity index (χ2n) is 4.37. The van der Waals surface area contributed by atoms with Crippen LogP contribution in [-0.4, -0.2) is 0 Å². The van der Waals surface area contributed by atoms with Crippen molar-refractivity contribution in [1.29, 1.82) is 0 Å². The van der Waals surface area contributed by atoms with Gasteiger partial charge in [0, 0.05) is 0 Å². The molecule has 1 unspecified atom stereocenters. The second kappa shape index (κ2) is 2.80. The standard InChI is InChI=1S/C11H19/c1-3-11(10-6-7-10)8(2)9-4-5-9/h9-11H,3-7H2,1-2H3. The summed E-state index contributed by atoms with van der Waals surface area (Å²) in [5.74, 6) is 4.98. The van der Waals surface area contributed by atoms with Crippen molar-refractivity contribution in [3.63, 3.8) is 0 Å². The van der Waals surface area contributed by atoms with Gasteiger partial charge in [-0.15, -0.1) is 0 Å². The molecule has 0 aromatic heterocycles. The first kappa shape index (κ1) is 7.64. The Labute approximate surface area is 70.4 Å². The Hall–Kier alpha value is 0. The maximum absolute atomic E-state index is 2.41. The van der Waals surface area contributed by atoms with Crippen molar-refractivity contribution >= 4 is 0 Å². The average molecular weight is 151 g/mol. The van der Waals surface area contributed by atoms with Crippen LogP contribution in [0, 0.1) is 23.7 Å². The maximum atomic E-state index is 2.41. The van der Waals surface area contributed by atoms with Crippen molar-refractivity contribution in [3.8, 4) is 0 Å². The molecule has 0 aromatic rings. The summed E-state index contributed by atoms with van der Waals surface area (Å²) in [6, 6.07) is 0. The molecule has 0 nitrogen and oxygen atoms in total. The average Bonchev–Trinajstić information content (AvgIpc) is 2.86. The third-order valence-electron chi connectivity index (χ3n) is 3.44. The summed E-state index contributed by atoms with van der Waals surface area (Å²) in [6.45, 7) is 4.76. The van der Waals surface area contributed by atoms with Crippen LogP contribution < -0.4 is 0 Å². The Morgan fingerprint density at radius 3 is 2.27 bits per heavy atom. The molecule has 2 aliphatic rings. The Morgan fingerprint density at radius 1 is 1.27 bits per heavy atom. The van der Waals surface area contributed by atoms with E-state index in [4.69, 9.17) is 0 Å².